The molecule has 184 valence electrons. The molecule has 0 aromatic heterocycles. The second kappa shape index (κ2) is 13.2. The minimum Gasteiger partial charge on any atom is -0.497 e. The Morgan fingerprint density at radius 3 is 1.28 bits per heavy atom. The highest BCUT2D eigenvalue weighted by Gasteiger charge is 2.23. The fourth-order valence-electron chi connectivity index (χ4n) is 3.92. The summed E-state index contributed by atoms with van der Waals surface area (Å²) in [6, 6.07) is 36.6. The van der Waals surface area contributed by atoms with Crippen molar-refractivity contribution in [2.45, 2.75) is 33.1 Å². The molecule has 0 aliphatic heterocycles. The maximum Gasteiger partial charge on any atom is 0.135 e. The van der Waals surface area contributed by atoms with E-state index in [-0.39, 0.29) is 16.3 Å². The van der Waals surface area contributed by atoms with Gasteiger partial charge in [-0.2, -0.15) is 0 Å². The van der Waals surface area contributed by atoms with Gasteiger partial charge in [0.25, 0.3) is 0 Å². The zero-order valence-electron chi connectivity index (χ0n) is 20.5. The van der Waals surface area contributed by atoms with Crippen LogP contribution in [-0.2, 0) is 4.79 Å². The number of carbonyl (C=O) groups excluding carboxylic acids is 1. The summed E-state index contributed by atoms with van der Waals surface area (Å²) in [6.07, 6.45) is 0.905. The zero-order valence-corrected chi connectivity index (χ0v) is 22.1. The van der Waals surface area contributed by atoms with Crippen molar-refractivity contribution in [3.63, 3.8) is 0 Å². The van der Waals surface area contributed by atoms with Crippen LogP contribution >= 0.6 is 23.5 Å². The quantitative estimate of drug-likeness (QED) is 0.177. The molecule has 4 rings (SSSR count). The SMILES string of the molecule is COc1ccc(C(CC(=O)CC(Sc2ccccc2)c2ccc(OC)cc2)Sc2ccccc2)cc1. The molecule has 0 radical (unpaired) electrons. The molecule has 5 heteroatoms. The van der Waals surface area contributed by atoms with Gasteiger partial charge in [0.2, 0.25) is 0 Å². The van der Waals surface area contributed by atoms with Crippen molar-refractivity contribution >= 4 is 29.3 Å². The first-order valence-corrected chi connectivity index (χ1v) is 13.6. The minimum atomic E-state index is 0.0176. The minimum absolute atomic E-state index is 0.0176. The Balaban J connectivity index is 1.54. The number of hydrogen-bond donors (Lipinski definition) is 0. The van der Waals surface area contributed by atoms with E-state index in [0.29, 0.717) is 12.8 Å². The Labute approximate surface area is 222 Å². The molecule has 0 bridgehead atoms. The number of thioether (sulfide) groups is 2. The van der Waals surface area contributed by atoms with Crippen molar-refractivity contribution < 1.29 is 14.3 Å². The van der Waals surface area contributed by atoms with Gasteiger partial charge in [0.15, 0.2) is 0 Å². The second-order valence-electron chi connectivity index (χ2n) is 8.33. The number of carbonyl (C=O) groups is 1. The third-order valence-electron chi connectivity index (χ3n) is 5.84. The average molecular weight is 515 g/mol. The first kappa shape index (κ1) is 25.9. The molecule has 2 atom stereocenters. The second-order valence-corrected chi connectivity index (χ2v) is 10.9. The summed E-state index contributed by atoms with van der Waals surface area (Å²) in [5.41, 5.74) is 2.24. The Kier molecular flexibility index (Phi) is 9.54. The third kappa shape index (κ3) is 7.42. The third-order valence-corrected chi connectivity index (χ3v) is 8.38. The topological polar surface area (TPSA) is 35.5 Å². The van der Waals surface area contributed by atoms with Crippen molar-refractivity contribution in [3.8, 4) is 11.5 Å². The van der Waals surface area contributed by atoms with E-state index in [4.69, 9.17) is 9.47 Å². The highest BCUT2D eigenvalue weighted by molar-refractivity contribution is 7.99. The summed E-state index contributed by atoms with van der Waals surface area (Å²) in [6.45, 7) is 0. The molecule has 2 unspecified atom stereocenters. The van der Waals surface area contributed by atoms with Crippen LogP contribution < -0.4 is 9.47 Å². The Morgan fingerprint density at radius 2 is 0.944 bits per heavy atom. The first-order chi connectivity index (χ1) is 17.6. The highest BCUT2D eigenvalue weighted by atomic mass is 32.2. The zero-order chi connectivity index (χ0) is 25.2. The molecule has 0 fully saturated rings. The molecule has 0 saturated heterocycles. The number of ether oxygens (including phenoxy) is 2. The van der Waals surface area contributed by atoms with Crippen LogP contribution in [0, 0.1) is 0 Å². The van der Waals surface area contributed by atoms with E-state index in [1.165, 1.54) is 0 Å². The number of hydrogen-bond acceptors (Lipinski definition) is 5. The van der Waals surface area contributed by atoms with E-state index in [1.807, 2.05) is 60.7 Å². The van der Waals surface area contributed by atoms with E-state index in [9.17, 15) is 4.79 Å². The van der Waals surface area contributed by atoms with Crippen LogP contribution in [0.3, 0.4) is 0 Å². The molecule has 0 heterocycles. The first-order valence-electron chi connectivity index (χ1n) is 11.9. The lowest BCUT2D eigenvalue weighted by Gasteiger charge is -2.20. The maximum atomic E-state index is 13.6. The van der Waals surface area contributed by atoms with Crippen molar-refractivity contribution in [3.05, 3.63) is 120 Å². The fraction of sp³-hybridized carbons (Fsp3) is 0.194. The Morgan fingerprint density at radius 1 is 0.583 bits per heavy atom. The van der Waals surface area contributed by atoms with Crippen LogP contribution in [0.5, 0.6) is 11.5 Å². The molecular weight excluding hydrogens is 484 g/mol. The van der Waals surface area contributed by atoms with Crippen LogP contribution in [-0.4, -0.2) is 20.0 Å². The summed E-state index contributed by atoms with van der Waals surface area (Å²) in [7, 11) is 3.33. The lowest BCUT2D eigenvalue weighted by atomic mass is 10.0. The molecule has 0 aliphatic rings. The molecule has 0 saturated carbocycles. The molecule has 0 aliphatic carbocycles. The smallest absolute Gasteiger partial charge is 0.135 e. The van der Waals surface area contributed by atoms with Gasteiger partial charge < -0.3 is 9.47 Å². The van der Waals surface area contributed by atoms with Gasteiger partial charge in [-0.05, 0) is 59.7 Å². The standard InChI is InChI=1S/C31H30O3S2/c1-33-26-17-13-23(14-18-26)30(35-28-9-5-3-6-10-28)21-25(32)22-31(36-29-11-7-4-8-12-29)24-15-19-27(34-2)20-16-24/h3-20,30-31H,21-22H2,1-2H3. The van der Waals surface area contributed by atoms with Crippen LogP contribution in [0.2, 0.25) is 0 Å². The van der Waals surface area contributed by atoms with E-state index >= 15 is 0 Å². The van der Waals surface area contributed by atoms with Gasteiger partial charge in [0.05, 0.1) is 14.2 Å². The number of methoxy groups -OCH3 is 2. The van der Waals surface area contributed by atoms with Gasteiger partial charge in [-0.3, -0.25) is 4.79 Å². The van der Waals surface area contributed by atoms with Crippen LogP contribution in [0.15, 0.2) is 119 Å². The monoisotopic (exact) mass is 514 g/mol. The van der Waals surface area contributed by atoms with Crippen molar-refractivity contribution in [1.82, 2.24) is 0 Å². The van der Waals surface area contributed by atoms with Crippen LogP contribution in [0.25, 0.3) is 0 Å². The summed E-state index contributed by atoms with van der Waals surface area (Å²) < 4.78 is 10.7. The fourth-order valence-corrected chi connectivity index (χ4v) is 6.33. The molecule has 0 amide bonds. The Bertz CT molecular complexity index is 1110. The van der Waals surface area contributed by atoms with E-state index < -0.39 is 0 Å². The van der Waals surface area contributed by atoms with Gasteiger partial charge >= 0.3 is 0 Å². The number of rotatable bonds is 12. The highest BCUT2D eigenvalue weighted by Crippen LogP contribution is 2.42. The van der Waals surface area contributed by atoms with Crippen LogP contribution in [0.1, 0.15) is 34.5 Å². The van der Waals surface area contributed by atoms with Gasteiger partial charge in [0, 0.05) is 33.1 Å². The van der Waals surface area contributed by atoms with E-state index in [1.54, 1.807) is 37.7 Å². The number of ketones is 1. The van der Waals surface area contributed by atoms with Gasteiger partial charge in [-0.1, -0.05) is 60.7 Å². The van der Waals surface area contributed by atoms with Crippen molar-refractivity contribution in [2.75, 3.05) is 14.2 Å². The molecule has 4 aromatic rings. The molecule has 4 aromatic carbocycles. The molecule has 36 heavy (non-hydrogen) atoms. The molecule has 3 nitrogen and oxygen atoms in total. The summed E-state index contributed by atoms with van der Waals surface area (Å²) in [5.74, 6) is 1.86. The van der Waals surface area contributed by atoms with E-state index in [0.717, 1.165) is 32.4 Å². The molecule has 0 spiro atoms. The van der Waals surface area contributed by atoms with Crippen molar-refractivity contribution in [2.24, 2.45) is 0 Å². The lowest BCUT2D eigenvalue weighted by molar-refractivity contribution is -0.119. The van der Waals surface area contributed by atoms with Gasteiger partial charge in [0.1, 0.15) is 17.3 Å². The number of Topliss-reactive ketones (excluding diaryl/α,β-unsaturated/α-hetero) is 1. The summed E-state index contributed by atoms with van der Waals surface area (Å²) >= 11 is 3.46. The maximum absolute atomic E-state index is 13.6. The summed E-state index contributed by atoms with van der Waals surface area (Å²) in [4.78, 5) is 15.9. The molecule has 0 N–H and O–H groups in total. The predicted molar refractivity (Wildman–Crippen MR) is 150 cm³/mol. The van der Waals surface area contributed by atoms with Gasteiger partial charge in [-0.15, -0.1) is 23.5 Å². The normalized spacial score (nSPS) is 12.5. The van der Waals surface area contributed by atoms with Crippen molar-refractivity contribution in [1.29, 1.82) is 0 Å². The van der Waals surface area contributed by atoms with Gasteiger partial charge in [-0.25, -0.2) is 0 Å². The van der Waals surface area contributed by atoms with Crippen LogP contribution in [0.4, 0.5) is 0 Å². The largest absolute Gasteiger partial charge is 0.497 e. The average Bonchev–Trinajstić information content (AvgIpc) is 2.93. The lowest BCUT2D eigenvalue weighted by Crippen LogP contribution is -2.09. The predicted octanol–water partition coefficient (Wildman–Crippen LogP) is 8.42. The van der Waals surface area contributed by atoms with E-state index in [2.05, 4.69) is 48.5 Å². The summed E-state index contributed by atoms with van der Waals surface area (Å²) in [5, 5.41) is 0.0353. The Hall–Kier alpha value is -3.15. The number of benzene rings is 4. The molecular formula is C31H30O3S2.